The standard InChI is InChI=1S/C17H23NO2/c1-12(19)16-8-9-18(11-16)17(20)15-7-6-13-4-2-3-5-14(13)10-15/h6-7,10,12,16,19H,2-5,8-9,11H2,1H3. The Morgan fingerprint density at radius 2 is 2.05 bits per heavy atom. The van der Waals surface area contributed by atoms with Crippen molar-refractivity contribution in [1.82, 2.24) is 4.90 Å². The molecule has 1 aliphatic carbocycles. The van der Waals surface area contributed by atoms with Gasteiger partial charge in [-0.3, -0.25) is 4.79 Å². The molecule has 20 heavy (non-hydrogen) atoms. The fraction of sp³-hybridized carbons (Fsp3) is 0.588. The Morgan fingerprint density at radius 3 is 2.75 bits per heavy atom. The van der Waals surface area contributed by atoms with Gasteiger partial charge in [0.2, 0.25) is 0 Å². The molecular weight excluding hydrogens is 250 g/mol. The van der Waals surface area contributed by atoms with Crippen LogP contribution in [0.5, 0.6) is 0 Å². The normalized spacial score (nSPS) is 23.5. The number of nitrogens with zero attached hydrogens (tertiary/aromatic N) is 1. The van der Waals surface area contributed by atoms with Gasteiger partial charge in [-0.25, -0.2) is 0 Å². The number of aliphatic hydroxyl groups excluding tert-OH is 1. The zero-order chi connectivity index (χ0) is 14.1. The van der Waals surface area contributed by atoms with Gasteiger partial charge in [0.05, 0.1) is 6.10 Å². The van der Waals surface area contributed by atoms with E-state index in [-0.39, 0.29) is 17.9 Å². The van der Waals surface area contributed by atoms with Gasteiger partial charge in [-0.15, -0.1) is 0 Å². The van der Waals surface area contributed by atoms with Gasteiger partial charge in [-0.2, -0.15) is 0 Å². The van der Waals surface area contributed by atoms with Gasteiger partial charge < -0.3 is 10.0 Å². The van der Waals surface area contributed by atoms with Gasteiger partial charge in [0, 0.05) is 24.6 Å². The molecule has 108 valence electrons. The van der Waals surface area contributed by atoms with Crippen molar-refractivity contribution in [1.29, 1.82) is 0 Å². The Kier molecular flexibility index (Phi) is 3.79. The number of carbonyl (C=O) groups excluding carboxylic acids is 1. The summed E-state index contributed by atoms with van der Waals surface area (Å²) in [6, 6.07) is 6.19. The number of rotatable bonds is 2. The number of benzene rings is 1. The van der Waals surface area contributed by atoms with Crippen LogP contribution in [0.15, 0.2) is 18.2 Å². The molecule has 1 aromatic carbocycles. The summed E-state index contributed by atoms with van der Waals surface area (Å²) in [5.41, 5.74) is 3.58. The van der Waals surface area contributed by atoms with Crippen molar-refractivity contribution in [3.63, 3.8) is 0 Å². The van der Waals surface area contributed by atoms with Gasteiger partial charge in [0.1, 0.15) is 0 Å². The molecule has 1 saturated heterocycles. The van der Waals surface area contributed by atoms with Crippen molar-refractivity contribution in [3.05, 3.63) is 34.9 Å². The van der Waals surface area contributed by atoms with Crippen molar-refractivity contribution in [2.45, 2.75) is 45.1 Å². The number of hydrogen-bond acceptors (Lipinski definition) is 2. The second kappa shape index (κ2) is 5.57. The topological polar surface area (TPSA) is 40.5 Å². The molecule has 2 atom stereocenters. The van der Waals surface area contributed by atoms with Crippen molar-refractivity contribution in [2.24, 2.45) is 5.92 Å². The summed E-state index contributed by atoms with van der Waals surface area (Å²) < 4.78 is 0. The zero-order valence-corrected chi connectivity index (χ0v) is 12.1. The van der Waals surface area contributed by atoms with Gasteiger partial charge >= 0.3 is 0 Å². The third-order valence-corrected chi connectivity index (χ3v) is 4.79. The quantitative estimate of drug-likeness (QED) is 0.899. The molecule has 3 rings (SSSR count). The fourth-order valence-corrected chi connectivity index (χ4v) is 3.41. The van der Waals surface area contributed by atoms with Crippen LogP contribution in [0.3, 0.4) is 0 Å². The van der Waals surface area contributed by atoms with E-state index in [9.17, 15) is 9.90 Å². The predicted molar refractivity (Wildman–Crippen MR) is 78.8 cm³/mol. The van der Waals surface area contributed by atoms with Crippen LogP contribution in [0.4, 0.5) is 0 Å². The lowest BCUT2D eigenvalue weighted by atomic mass is 9.90. The predicted octanol–water partition coefficient (Wildman–Crippen LogP) is 2.41. The molecule has 2 aliphatic rings. The summed E-state index contributed by atoms with van der Waals surface area (Å²) in [5.74, 6) is 0.359. The average molecular weight is 273 g/mol. The summed E-state index contributed by atoms with van der Waals surface area (Å²) in [4.78, 5) is 14.4. The van der Waals surface area contributed by atoms with E-state index in [1.165, 1.54) is 24.0 Å². The first-order valence-electron chi connectivity index (χ1n) is 7.74. The molecule has 1 amide bonds. The lowest BCUT2D eigenvalue weighted by molar-refractivity contribution is 0.0762. The first-order chi connectivity index (χ1) is 9.65. The van der Waals surface area contributed by atoms with E-state index in [2.05, 4.69) is 12.1 Å². The summed E-state index contributed by atoms with van der Waals surface area (Å²) >= 11 is 0. The summed E-state index contributed by atoms with van der Waals surface area (Å²) in [6.07, 6.45) is 5.34. The van der Waals surface area contributed by atoms with Crippen LogP contribution in [0, 0.1) is 5.92 Å². The molecule has 3 nitrogen and oxygen atoms in total. The van der Waals surface area contributed by atoms with Crippen LogP contribution < -0.4 is 0 Å². The first kappa shape index (κ1) is 13.6. The minimum atomic E-state index is -0.323. The lowest BCUT2D eigenvalue weighted by Gasteiger charge is -2.20. The van der Waals surface area contributed by atoms with Crippen LogP contribution in [-0.4, -0.2) is 35.1 Å². The van der Waals surface area contributed by atoms with Crippen molar-refractivity contribution in [2.75, 3.05) is 13.1 Å². The van der Waals surface area contributed by atoms with Gasteiger partial charge in [0.15, 0.2) is 0 Å². The third kappa shape index (κ3) is 2.59. The van der Waals surface area contributed by atoms with E-state index in [1.807, 2.05) is 17.9 Å². The Balaban J connectivity index is 1.74. The molecule has 1 fully saturated rings. The minimum absolute atomic E-state index is 0.126. The number of amides is 1. The van der Waals surface area contributed by atoms with E-state index >= 15 is 0 Å². The van der Waals surface area contributed by atoms with Crippen molar-refractivity contribution < 1.29 is 9.90 Å². The molecule has 2 unspecified atom stereocenters. The average Bonchev–Trinajstić information content (AvgIpc) is 2.96. The lowest BCUT2D eigenvalue weighted by Crippen LogP contribution is -2.30. The second-order valence-corrected chi connectivity index (χ2v) is 6.23. The third-order valence-electron chi connectivity index (χ3n) is 4.79. The molecule has 3 heteroatoms. The van der Waals surface area contributed by atoms with Crippen LogP contribution in [0.2, 0.25) is 0 Å². The zero-order valence-electron chi connectivity index (χ0n) is 12.1. The molecule has 1 aliphatic heterocycles. The maximum absolute atomic E-state index is 12.5. The highest BCUT2D eigenvalue weighted by molar-refractivity contribution is 5.94. The van der Waals surface area contributed by atoms with E-state index in [4.69, 9.17) is 0 Å². The molecule has 1 aromatic rings. The van der Waals surface area contributed by atoms with Gasteiger partial charge in [-0.05, 0) is 62.3 Å². The smallest absolute Gasteiger partial charge is 0.253 e. The molecule has 0 spiro atoms. The number of aliphatic hydroxyl groups is 1. The number of hydrogen-bond donors (Lipinski definition) is 1. The maximum Gasteiger partial charge on any atom is 0.253 e. The Bertz CT molecular complexity index is 510. The van der Waals surface area contributed by atoms with E-state index in [0.29, 0.717) is 6.54 Å². The van der Waals surface area contributed by atoms with Crippen LogP contribution >= 0.6 is 0 Å². The van der Waals surface area contributed by atoms with Crippen LogP contribution in [0.25, 0.3) is 0 Å². The highest BCUT2D eigenvalue weighted by Gasteiger charge is 2.29. The van der Waals surface area contributed by atoms with Crippen LogP contribution in [-0.2, 0) is 12.8 Å². The number of aryl methyl sites for hydroxylation is 2. The molecule has 1 N–H and O–H groups in total. The molecule has 0 radical (unpaired) electrons. The Hall–Kier alpha value is -1.35. The minimum Gasteiger partial charge on any atom is -0.393 e. The molecule has 1 heterocycles. The number of likely N-dealkylation sites (tertiary alicyclic amines) is 1. The van der Waals surface area contributed by atoms with Crippen molar-refractivity contribution >= 4 is 5.91 Å². The number of carbonyl (C=O) groups is 1. The Morgan fingerprint density at radius 1 is 1.30 bits per heavy atom. The largest absolute Gasteiger partial charge is 0.393 e. The fourth-order valence-electron chi connectivity index (χ4n) is 3.41. The summed E-state index contributed by atoms with van der Waals surface area (Å²) in [7, 11) is 0. The van der Waals surface area contributed by atoms with E-state index < -0.39 is 0 Å². The van der Waals surface area contributed by atoms with E-state index in [0.717, 1.165) is 31.4 Å². The number of fused-ring (bicyclic) bond motifs is 1. The summed E-state index contributed by atoms with van der Waals surface area (Å²) in [6.45, 7) is 3.27. The van der Waals surface area contributed by atoms with Gasteiger partial charge in [0.25, 0.3) is 5.91 Å². The highest BCUT2D eigenvalue weighted by Crippen LogP contribution is 2.25. The molecule has 0 saturated carbocycles. The molecule has 0 bridgehead atoms. The monoisotopic (exact) mass is 273 g/mol. The highest BCUT2D eigenvalue weighted by atomic mass is 16.3. The van der Waals surface area contributed by atoms with Gasteiger partial charge in [-0.1, -0.05) is 6.07 Å². The SMILES string of the molecule is CC(O)C1CCN(C(=O)c2ccc3c(c2)CCCC3)C1. The maximum atomic E-state index is 12.5. The molecular formula is C17H23NO2. The first-order valence-corrected chi connectivity index (χ1v) is 7.74. The van der Waals surface area contributed by atoms with Crippen molar-refractivity contribution in [3.8, 4) is 0 Å². The van der Waals surface area contributed by atoms with E-state index in [1.54, 1.807) is 0 Å². The molecule has 0 aromatic heterocycles. The summed E-state index contributed by atoms with van der Waals surface area (Å²) in [5, 5.41) is 9.64. The second-order valence-electron chi connectivity index (χ2n) is 6.23. The Labute approximate surface area is 120 Å². The van der Waals surface area contributed by atoms with Crippen LogP contribution in [0.1, 0.15) is 47.7 Å².